The normalized spacial score (nSPS) is 16.0. The highest BCUT2D eigenvalue weighted by Gasteiger charge is 2.40. The third-order valence-corrected chi connectivity index (χ3v) is 5.45. The number of rotatable bonds is 9. The van der Waals surface area contributed by atoms with Crippen molar-refractivity contribution >= 4 is 17.9 Å². The van der Waals surface area contributed by atoms with Crippen molar-refractivity contribution < 1.29 is 34.8 Å². The Labute approximate surface area is 185 Å². The van der Waals surface area contributed by atoms with Crippen LogP contribution in [-0.2, 0) is 34.0 Å². The molecule has 32 heavy (non-hydrogen) atoms. The Morgan fingerprint density at radius 3 is 2.31 bits per heavy atom. The lowest BCUT2D eigenvalue weighted by Crippen LogP contribution is -2.42. The molecule has 0 spiro atoms. The molecule has 0 aromatic carbocycles. The molecule has 0 bridgehead atoms. The van der Waals surface area contributed by atoms with Crippen molar-refractivity contribution in [3.63, 3.8) is 0 Å². The molecule has 1 aliphatic heterocycles. The second-order valence-corrected chi connectivity index (χ2v) is 7.67. The van der Waals surface area contributed by atoms with Crippen LogP contribution in [0.1, 0.15) is 50.5 Å². The maximum Gasteiger partial charge on any atom is 0.336 e. The van der Waals surface area contributed by atoms with Gasteiger partial charge in [0.2, 0.25) is 0 Å². The number of aliphatic hydroxyl groups is 1. The summed E-state index contributed by atoms with van der Waals surface area (Å²) in [6, 6.07) is 4.96. The average molecular weight is 450 g/mol. The van der Waals surface area contributed by atoms with Crippen LogP contribution in [0.4, 0.5) is 0 Å². The summed E-state index contributed by atoms with van der Waals surface area (Å²) >= 11 is 0. The molecule has 11 nitrogen and oxygen atoms in total. The second kappa shape index (κ2) is 10.9. The van der Waals surface area contributed by atoms with Gasteiger partial charge in [-0.1, -0.05) is 6.92 Å². The number of aryl methyl sites for hydroxylation is 1. The fourth-order valence-corrected chi connectivity index (χ4v) is 3.86. The number of nitrogens with zero attached hydrogens (tertiary/aromatic N) is 4. The molecular weight excluding hydrogens is 420 g/mol. The van der Waals surface area contributed by atoms with Crippen LogP contribution >= 0.6 is 0 Å². The Bertz CT molecular complexity index is 920. The Hall–Kier alpha value is -3.18. The molecule has 0 saturated heterocycles. The first-order valence-electron chi connectivity index (χ1n) is 10.4. The molecule has 3 heterocycles. The second-order valence-electron chi connectivity index (χ2n) is 7.67. The molecule has 0 saturated carbocycles. The zero-order valence-electron chi connectivity index (χ0n) is 18.2. The largest absolute Gasteiger partial charge is 0.481 e. The van der Waals surface area contributed by atoms with Crippen LogP contribution in [0.5, 0.6) is 0 Å². The van der Waals surface area contributed by atoms with Crippen LogP contribution in [0, 0.1) is 0 Å². The molecule has 1 atom stereocenters. The first kappa shape index (κ1) is 25.1. The summed E-state index contributed by atoms with van der Waals surface area (Å²) in [6.07, 6.45) is 5.01. The number of aliphatic carboxylic acids is 3. The Balaban J connectivity index is 0.000000247. The van der Waals surface area contributed by atoms with E-state index in [0.29, 0.717) is 6.04 Å². The van der Waals surface area contributed by atoms with Gasteiger partial charge in [-0.3, -0.25) is 14.5 Å². The molecule has 2 aromatic heterocycles. The number of imidazole rings is 1. The fraction of sp³-hybridized carbons (Fsp3) is 0.524. The van der Waals surface area contributed by atoms with Crippen molar-refractivity contribution in [2.24, 2.45) is 0 Å². The van der Waals surface area contributed by atoms with Gasteiger partial charge in [0.05, 0.1) is 30.9 Å². The third kappa shape index (κ3) is 6.17. The highest BCUT2D eigenvalue weighted by Crippen LogP contribution is 2.29. The van der Waals surface area contributed by atoms with Gasteiger partial charge in [0, 0.05) is 44.3 Å². The molecule has 0 amide bonds. The minimum Gasteiger partial charge on any atom is -0.481 e. The van der Waals surface area contributed by atoms with Crippen LogP contribution in [0.3, 0.4) is 0 Å². The molecule has 0 radical (unpaired) electrons. The number of fused-ring (bicyclic) bond motifs is 1. The van der Waals surface area contributed by atoms with E-state index in [1.807, 2.05) is 12.5 Å². The van der Waals surface area contributed by atoms with Crippen molar-refractivity contribution in [2.75, 3.05) is 6.54 Å². The van der Waals surface area contributed by atoms with Crippen LogP contribution in [-0.4, -0.2) is 69.5 Å². The van der Waals surface area contributed by atoms with Gasteiger partial charge >= 0.3 is 17.9 Å². The SMILES string of the molecule is CCC1c2cccn2CCN1Cc1cncn1CC.O=C(O)CC(O)(CC(=O)O)C(=O)O. The molecule has 0 fully saturated rings. The zero-order chi connectivity index (χ0) is 23.9. The van der Waals surface area contributed by atoms with Crippen LogP contribution < -0.4 is 0 Å². The minimum absolute atomic E-state index is 0.531. The standard InChI is InChI=1S/C15H22N4.C6H8O7/c1-3-14-15-6-5-7-18(15)8-9-19(14)11-13-10-16-12-17(13)4-2;7-3(8)1-6(13,5(11)12)2-4(9)10/h5-7,10,12,14H,3-4,8-9,11H2,1-2H3;13H,1-2H2,(H,7,8)(H,9,10)(H,11,12). The lowest BCUT2D eigenvalue weighted by molar-refractivity contribution is -0.170. The van der Waals surface area contributed by atoms with Crippen LogP contribution in [0.2, 0.25) is 0 Å². The van der Waals surface area contributed by atoms with E-state index in [1.54, 1.807) is 0 Å². The zero-order valence-corrected chi connectivity index (χ0v) is 18.2. The van der Waals surface area contributed by atoms with Crippen molar-refractivity contribution in [1.29, 1.82) is 0 Å². The van der Waals surface area contributed by atoms with Gasteiger partial charge in [-0.25, -0.2) is 9.78 Å². The van der Waals surface area contributed by atoms with Gasteiger partial charge < -0.3 is 29.6 Å². The van der Waals surface area contributed by atoms with Gasteiger partial charge in [-0.05, 0) is 25.5 Å². The molecule has 1 unspecified atom stereocenters. The van der Waals surface area contributed by atoms with Gasteiger partial charge in [-0.15, -0.1) is 0 Å². The molecule has 2 aromatic rings. The molecule has 1 aliphatic rings. The fourth-order valence-electron chi connectivity index (χ4n) is 3.86. The number of carbonyl (C=O) groups is 3. The maximum absolute atomic E-state index is 10.3. The summed E-state index contributed by atoms with van der Waals surface area (Å²) in [5.41, 5.74) is 0.0368. The molecule has 176 valence electrons. The van der Waals surface area contributed by atoms with Gasteiger partial charge in [0.1, 0.15) is 0 Å². The number of carboxylic acids is 3. The number of aromatic nitrogens is 3. The number of hydrogen-bond acceptors (Lipinski definition) is 6. The summed E-state index contributed by atoms with van der Waals surface area (Å²) in [5.74, 6) is -5.02. The van der Waals surface area contributed by atoms with Crippen molar-refractivity contribution in [2.45, 2.75) is 64.4 Å². The van der Waals surface area contributed by atoms with Gasteiger partial charge in [0.25, 0.3) is 0 Å². The predicted octanol–water partition coefficient (Wildman–Crippen LogP) is 1.42. The van der Waals surface area contributed by atoms with E-state index in [2.05, 4.69) is 51.2 Å². The summed E-state index contributed by atoms with van der Waals surface area (Å²) < 4.78 is 4.63. The van der Waals surface area contributed by atoms with E-state index in [0.717, 1.165) is 32.6 Å². The van der Waals surface area contributed by atoms with Crippen LogP contribution in [0.25, 0.3) is 0 Å². The van der Waals surface area contributed by atoms with Gasteiger partial charge in [-0.2, -0.15) is 0 Å². The lowest BCUT2D eigenvalue weighted by Gasteiger charge is -2.36. The van der Waals surface area contributed by atoms with E-state index < -0.39 is 36.4 Å². The average Bonchev–Trinajstić information content (AvgIpc) is 3.36. The van der Waals surface area contributed by atoms with E-state index in [-0.39, 0.29) is 0 Å². The monoisotopic (exact) mass is 450 g/mol. The number of carboxylic acid groups (broad SMARTS) is 3. The molecular formula is C21H30N4O7. The van der Waals surface area contributed by atoms with E-state index in [4.69, 9.17) is 20.4 Å². The summed E-state index contributed by atoms with van der Waals surface area (Å²) in [6.45, 7) is 8.66. The summed E-state index contributed by atoms with van der Waals surface area (Å²) in [7, 11) is 0. The highest BCUT2D eigenvalue weighted by atomic mass is 16.4. The topological polar surface area (TPSA) is 158 Å². The number of hydrogen-bond donors (Lipinski definition) is 4. The summed E-state index contributed by atoms with van der Waals surface area (Å²) in [5, 5.41) is 33.8. The van der Waals surface area contributed by atoms with Crippen molar-refractivity contribution in [1.82, 2.24) is 19.0 Å². The van der Waals surface area contributed by atoms with E-state index in [1.165, 1.54) is 11.4 Å². The smallest absolute Gasteiger partial charge is 0.336 e. The van der Waals surface area contributed by atoms with Crippen molar-refractivity contribution in [3.8, 4) is 0 Å². The highest BCUT2D eigenvalue weighted by molar-refractivity contribution is 5.88. The molecule has 11 heteroatoms. The molecule has 3 rings (SSSR count). The van der Waals surface area contributed by atoms with E-state index >= 15 is 0 Å². The van der Waals surface area contributed by atoms with E-state index in [9.17, 15) is 14.4 Å². The van der Waals surface area contributed by atoms with Crippen molar-refractivity contribution in [3.05, 3.63) is 42.2 Å². The Kier molecular flexibility index (Phi) is 8.56. The lowest BCUT2D eigenvalue weighted by atomic mass is 9.96. The predicted molar refractivity (Wildman–Crippen MR) is 113 cm³/mol. The molecule has 4 N–H and O–H groups in total. The first-order chi connectivity index (χ1) is 15.1. The van der Waals surface area contributed by atoms with Crippen LogP contribution in [0.15, 0.2) is 30.9 Å². The van der Waals surface area contributed by atoms with Gasteiger partial charge in [0.15, 0.2) is 5.60 Å². The first-order valence-corrected chi connectivity index (χ1v) is 10.4. The minimum atomic E-state index is -2.74. The maximum atomic E-state index is 10.3. The summed E-state index contributed by atoms with van der Waals surface area (Å²) in [4.78, 5) is 37.3. The Morgan fingerprint density at radius 2 is 1.78 bits per heavy atom. The third-order valence-electron chi connectivity index (χ3n) is 5.45. The quantitative estimate of drug-likeness (QED) is 0.443. The Morgan fingerprint density at radius 1 is 1.12 bits per heavy atom. The molecule has 0 aliphatic carbocycles.